The van der Waals surface area contributed by atoms with Gasteiger partial charge in [-0.25, -0.2) is 0 Å². The second-order valence-electron chi connectivity index (χ2n) is 4.07. The highest BCUT2D eigenvalue weighted by atomic mass is 28.4. The predicted octanol–water partition coefficient (Wildman–Crippen LogP) is 3.16. The molecule has 0 unspecified atom stereocenters. The van der Waals surface area contributed by atoms with E-state index in [1.807, 2.05) is 27.7 Å². The Balaban J connectivity index is 4.54. The molecule has 5 heteroatoms. The highest BCUT2D eigenvalue weighted by Gasteiger charge is 2.41. The van der Waals surface area contributed by atoms with E-state index in [0.717, 1.165) is 12.8 Å². The molecule has 0 aliphatic rings. The molecule has 0 aromatic heterocycles. The van der Waals surface area contributed by atoms with E-state index in [-0.39, 0.29) is 11.9 Å². The monoisotopic (exact) mass is 260 g/mol. The van der Waals surface area contributed by atoms with Crippen molar-refractivity contribution in [2.45, 2.75) is 65.5 Å². The third-order valence-corrected chi connectivity index (χ3v) is 5.94. The molecular formula is C12H24O4Si. The van der Waals surface area contributed by atoms with Crippen LogP contribution < -0.4 is 0 Å². The first-order valence-electron chi connectivity index (χ1n) is 6.47. The van der Waals surface area contributed by atoms with Gasteiger partial charge in [-0.2, -0.15) is 0 Å². The summed E-state index contributed by atoms with van der Waals surface area (Å²) in [4.78, 5) is 23.1. The fourth-order valence-corrected chi connectivity index (χ4v) is 3.64. The van der Waals surface area contributed by atoms with Gasteiger partial charge in [0, 0.05) is 24.9 Å². The van der Waals surface area contributed by atoms with Crippen molar-refractivity contribution in [3.63, 3.8) is 0 Å². The van der Waals surface area contributed by atoms with Gasteiger partial charge < -0.3 is 8.85 Å². The number of rotatable bonds is 8. The first kappa shape index (κ1) is 16.2. The average molecular weight is 260 g/mol. The Hall–Kier alpha value is -0.843. The number of hydrogen-bond acceptors (Lipinski definition) is 4. The Kier molecular flexibility index (Phi) is 7.87. The number of hydrogen-bond donors (Lipinski definition) is 0. The van der Waals surface area contributed by atoms with Crippen LogP contribution in [0, 0.1) is 0 Å². The summed E-state index contributed by atoms with van der Waals surface area (Å²) in [6, 6.07) is 1.24. The Bertz CT molecular complexity index is 227. The van der Waals surface area contributed by atoms with Crippen LogP contribution in [-0.2, 0) is 18.4 Å². The third-order valence-electron chi connectivity index (χ3n) is 2.59. The van der Waals surface area contributed by atoms with E-state index >= 15 is 0 Å². The molecule has 0 amide bonds. The second kappa shape index (κ2) is 8.28. The van der Waals surface area contributed by atoms with E-state index in [2.05, 4.69) is 0 Å². The quantitative estimate of drug-likeness (QED) is 0.629. The molecule has 0 aliphatic heterocycles. The van der Waals surface area contributed by atoms with E-state index in [1.54, 1.807) is 0 Å². The van der Waals surface area contributed by atoms with Crippen LogP contribution in [0.3, 0.4) is 0 Å². The largest absolute Gasteiger partial charge is 0.485 e. The van der Waals surface area contributed by atoms with Crippen LogP contribution in [0.1, 0.15) is 53.4 Å². The maximum absolute atomic E-state index is 11.5. The Morgan fingerprint density at radius 2 is 1.18 bits per heavy atom. The normalized spacial score (nSPS) is 11.1. The maximum atomic E-state index is 11.5. The van der Waals surface area contributed by atoms with Crippen molar-refractivity contribution < 1.29 is 18.4 Å². The van der Waals surface area contributed by atoms with Gasteiger partial charge in [-0.1, -0.05) is 27.7 Å². The van der Waals surface area contributed by atoms with Crippen molar-refractivity contribution in [3.05, 3.63) is 0 Å². The SMILES string of the molecule is CCCC(=O)O[Si](CC)(CC)OC(=O)CCC. The van der Waals surface area contributed by atoms with Gasteiger partial charge in [0.2, 0.25) is 0 Å². The molecule has 4 nitrogen and oxygen atoms in total. The smallest absolute Gasteiger partial charge is 0.463 e. The summed E-state index contributed by atoms with van der Waals surface area (Å²) in [6.45, 7) is 7.67. The summed E-state index contributed by atoms with van der Waals surface area (Å²) < 4.78 is 10.9. The molecule has 0 aromatic rings. The second-order valence-corrected chi connectivity index (χ2v) is 7.71. The standard InChI is InChI=1S/C12H24O4Si/c1-5-9-11(13)15-17(7-3,8-4)16-12(14)10-6-2/h5-10H2,1-4H3. The van der Waals surface area contributed by atoms with Crippen molar-refractivity contribution in [2.24, 2.45) is 0 Å². The van der Waals surface area contributed by atoms with Crippen molar-refractivity contribution in [1.29, 1.82) is 0 Å². The molecule has 0 atom stereocenters. The maximum Gasteiger partial charge on any atom is 0.463 e. The van der Waals surface area contributed by atoms with Gasteiger partial charge in [-0.05, 0) is 12.8 Å². The van der Waals surface area contributed by atoms with Crippen LogP contribution in [-0.4, -0.2) is 20.5 Å². The molecule has 0 saturated heterocycles. The van der Waals surface area contributed by atoms with Gasteiger partial charge in [0.25, 0.3) is 11.9 Å². The van der Waals surface area contributed by atoms with Gasteiger partial charge in [0.15, 0.2) is 0 Å². The number of carbonyl (C=O) groups excluding carboxylic acids is 2. The van der Waals surface area contributed by atoms with Gasteiger partial charge in [-0.3, -0.25) is 9.59 Å². The summed E-state index contributed by atoms with van der Waals surface area (Å²) >= 11 is 0. The topological polar surface area (TPSA) is 52.6 Å². The Labute approximate surface area is 105 Å². The van der Waals surface area contributed by atoms with Gasteiger partial charge >= 0.3 is 8.56 Å². The number of carbonyl (C=O) groups is 2. The molecule has 0 spiro atoms. The molecule has 0 bridgehead atoms. The highest BCUT2D eigenvalue weighted by molar-refractivity contribution is 6.70. The van der Waals surface area contributed by atoms with Crippen LogP contribution in [0.15, 0.2) is 0 Å². The van der Waals surface area contributed by atoms with E-state index in [4.69, 9.17) is 8.85 Å². The first-order chi connectivity index (χ1) is 8.03. The molecule has 0 rings (SSSR count). The average Bonchev–Trinajstić information content (AvgIpc) is 2.28. The Morgan fingerprint density at radius 3 is 1.41 bits per heavy atom. The van der Waals surface area contributed by atoms with Crippen LogP contribution in [0.2, 0.25) is 12.1 Å². The summed E-state index contributed by atoms with van der Waals surface area (Å²) in [5.41, 5.74) is 0. The molecule has 0 radical (unpaired) electrons. The molecular weight excluding hydrogens is 236 g/mol. The zero-order valence-electron chi connectivity index (χ0n) is 11.4. The van der Waals surface area contributed by atoms with Crippen molar-refractivity contribution in [3.8, 4) is 0 Å². The molecule has 0 fully saturated rings. The van der Waals surface area contributed by atoms with Gasteiger partial charge in [0.05, 0.1) is 0 Å². The highest BCUT2D eigenvalue weighted by Crippen LogP contribution is 2.20. The lowest BCUT2D eigenvalue weighted by Gasteiger charge is -2.27. The minimum Gasteiger partial charge on any atom is -0.485 e. The van der Waals surface area contributed by atoms with E-state index < -0.39 is 8.56 Å². The van der Waals surface area contributed by atoms with E-state index in [9.17, 15) is 9.59 Å². The van der Waals surface area contributed by atoms with Gasteiger partial charge in [-0.15, -0.1) is 0 Å². The lowest BCUT2D eigenvalue weighted by Crippen LogP contribution is -2.44. The summed E-state index contributed by atoms with van der Waals surface area (Å²) in [6.07, 6.45) is 2.28. The van der Waals surface area contributed by atoms with Crippen molar-refractivity contribution in [2.75, 3.05) is 0 Å². The molecule has 0 N–H and O–H groups in total. The lowest BCUT2D eigenvalue weighted by molar-refractivity contribution is -0.141. The predicted molar refractivity (Wildman–Crippen MR) is 68.7 cm³/mol. The van der Waals surface area contributed by atoms with Crippen LogP contribution in [0.5, 0.6) is 0 Å². The lowest BCUT2D eigenvalue weighted by atomic mass is 10.3. The van der Waals surface area contributed by atoms with Crippen LogP contribution in [0.25, 0.3) is 0 Å². The molecule has 0 heterocycles. The third kappa shape index (κ3) is 5.86. The Morgan fingerprint density at radius 1 is 0.824 bits per heavy atom. The van der Waals surface area contributed by atoms with Gasteiger partial charge in [0.1, 0.15) is 0 Å². The molecule has 0 aromatic carbocycles. The van der Waals surface area contributed by atoms with Crippen LogP contribution >= 0.6 is 0 Å². The minimum atomic E-state index is -2.64. The van der Waals surface area contributed by atoms with Crippen molar-refractivity contribution >= 4 is 20.5 Å². The van der Waals surface area contributed by atoms with E-state index in [1.165, 1.54) is 0 Å². The molecule has 0 saturated carbocycles. The first-order valence-corrected chi connectivity index (χ1v) is 8.70. The summed E-state index contributed by atoms with van der Waals surface area (Å²) in [5, 5.41) is 0. The van der Waals surface area contributed by atoms with Crippen molar-refractivity contribution in [1.82, 2.24) is 0 Å². The zero-order valence-corrected chi connectivity index (χ0v) is 12.4. The molecule has 0 aliphatic carbocycles. The minimum absolute atomic E-state index is 0.243. The summed E-state index contributed by atoms with van der Waals surface area (Å²) in [7, 11) is -2.64. The van der Waals surface area contributed by atoms with Crippen LogP contribution in [0.4, 0.5) is 0 Å². The molecule has 17 heavy (non-hydrogen) atoms. The summed E-state index contributed by atoms with van der Waals surface area (Å²) in [5.74, 6) is -0.487. The fraction of sp³-hybridized carbons (Fsp3) is 0.833. The molecule has 100 valence electrons. The van der Waals surface area contributed by atoms with E-state index in [0.29, 0.717) is 24.9 Å². The fourth-order valence-electron chi connectivity index (χ4n) is 1.48. The zero-order chi connectivity index (χ0) is 13.3.